The number of aromatic nitrogens is 2. The number of aliphatic hydroxyl groups is 2. The third-order valence-corrected chi connectivity index (χ3v) is 7.12. The van der Waals surface area contributed by atoms with Crippen LogP contribution in [-0.4, -0.2) is 64.0 Å². The number of nitrogen functional groups attached to an aromatic ring is 1. The van der Waals surface area contributed by atoms with E-state index in [1.165, 1.54) is 0 Å². The van der Waals surface area contributed by atoms with Crippen LogP contribution >= 0.6 is 23.5 Å². The largest absolute Gasteiger partial charge is 0.490 e. The maximum absolute atomic E-state index is 14.8. The van der Waals surface area contributed by atoms with Crippen LogP contribution in [0.3, 0.4) is 0 Å². The summed E-state index contributed by atoms with van der Waals surface area (Å²) in [5.41, 5.74) is 4.17. The zero-order valence-electron chi connectivity index (χ0n) is 14.2. The van der Waals surface area contributed by atoms with Gasteiger partial charge in [-0.05, 0) is 6.07 Å². The van der Waals surface area contributed by atoms with Gasteiger partial charge >= 0.3 is 29.2 Å². The van der Waals surface area contributed by atoms with Crippen LogP contribution in [0.15, 0.2) is 17.1 Å². The first-order chi connectivity index (χ1) is 13.4. The molecule has 1 saturated heterocycles. The Morgan fingerprint density at radius 3 is 2.33 bits per heavy atom. The number of nitrogens with two attached hydrogens (primary N) is 1. The van der Waals surface area contributed by atoms with Crippen molar-refractivity contribution in [1.82, 2.24) is 9.55 Å². The molecule has 0 bridgehead atoms. The van der Waals surface area contributed by atoms with Gasteiger partial charge in [-0.2, -0.15) is 13.6 Å². The van der Waals surface area contributed by atoms with E-state index in [0.29, 0.717) is 4.57 Å². The first-order valence-corrected chi connectivity index (χ1v) is 11.8. The van der Waals surface area contributed by atoms with Crippen LogP contribution in [0.1, 0.15) is 6.23 Å². The highest BCUT2D eigenvalue weighted by Gasteiger charge is 2.57. The Morgan fingerprint density at radius 2 is 1.80 bits per heavy atom. The second-order valence-electron chi connectivity index (χ2n) is 5.64. The average molecular weight is 501 g/mol. The molecule has 2 rings (SSSR count). The number of rotatable bonds is 8. The van der Waals surface area contributed by atoms with Gasteiger partial charge in [0.15, 0.2) is 6.23 Å². The summed E-state index contributed by atoms with van der Waals surface area (Å²) >= 11 is 0. The minimum atomic E-state index is -5.86. The quantitative estimate of drug-likeness (QED) is 0.191. The maximum atomic E-state index is 14.8. The fourth-order valence-electron chi connectivity index (χ4n) is 2.18. The molecule has 1 aromatic heterocycles. The molecule has 8 N–H and O–H groups in total. The average Bonchev–Trinajstić information content (AvgIpc) is 2.75. The summed E-state index contributed by atoms with van der Waals surface area (Å²) in [5.74, 6) is -3.68. The predicted molar refractivity (Wildman–Crippen MR) is 88.7 cm³/mol. The number of ether oxygens (including phenoxy) is 1. The van der Waals surface area contributed by atoms with Crippen molar-refractivity contribution in [2.45, 2.75) is 24.3 Å². The zero-order valence-corrected chi connectivity index (χ0v) is 16.9. The zero-order chi connectivity index (χ0) is 23.1. The summed E-state index contributed by atoms with van der Waals surface area (Å²) in [5, 5.41) is 19.8. The van der Waals surface area contributed by atoms with Gasteiger partial charge in [0.1, 0.15) is 24.6 Å². The summed E-state index contributed by atoms with van der Waals surface area (Å²) in [6, 6.07) is 1.08. The van der Waals surface area contributed by atoms with Crippen molar-refractivity contribution >= 4 is 29.3 Å². The van der Waals surface area contributed by atoms with Crippen LogP contribution in [0.2, 0.25) is 0 Å². The van der Waals surface area contributed by atoms with Gasteiger partial charge in [0, 0.05) is 6.20 Å². The number of alkyl halides is 1. The van der Waals surface area contributed by atoms with Crippen molar-refractivity contribution in [2.24, 2.45) is 0 Å². The molecule has 0 radical (unpaired) electrons. The third kappa shape index (κ3) is 6.21. The number of anilines is 1. The first-order valence-electron chi connectivity index (χ1n) is 7.31. The van der Waals surface area contributed by atoms with Crippen LogP contribution in [0.5, 0.6) is 0 Å². The number of halogens is 1. The Labute approximate surface area is 164 Å². The Hall–Kier alpha value is -1.10. The lowest BCUT2D eigenvalue weighted by Crippen LogP contribution is -2.43. The number of phosphoric ester groups is 1. The summed E-state index contributed by atoms with van der Waals surface area (Å²) < 4.78 is 64.4. The number of phosphoric acid groups is 3. The fraction of sp³-hybridized carbons (Fsp3) is 0.556. The minimum absolute atomic E-state index is 0.219. The van der Waals surface area contributed by atoms with Gasteiger partial charge in [-0.15, -0.1) is 0 Å². The molecule has 17 nitrogen and oxygen atoms in total. The lowest BCUT2D eigenvalue weighted by atomic mass is 10.1. The SMILES string of the molecule is Nc1ccn(C2OC(F)(COP(=O)(O)OP(=O)(O)OP(=O)(O)O)C(O)C2O)c(=O)n1. The lowest BCUT2D eigenvalue weighted by Gasteiger charge is -2.24. The molecule has 6 unspecified atom stereocenters. The Morgan fingerprint density at radius 1 is 1.20 bits per heavy atom. The highest BCUT2D eigenvalue weighted by atomic mass is 31.3. The van der Waals surface area contributed by atoms with Gasteiger partial charge in [-0.3, -0.25) is 9.09 Å². The molecule has 0 saturated carbocycles. The molecule has 1 aliphatic heterocycles. The van der Waals surface area contributed by atoms with Gasteiger partial charge in [-0.1, -0.05) is 0 Å². The molecule has 0 spiro atoms. The molecule has 1 fully saturated rings. The van der Waals surface area contributed by atoms with E-state index in [4.69, 9.17) is 25.2 Å². The third-order valence-electron chi connectivity index (χ3n) is 3.34. The van der Waals surface area contributed by atoms with Gasteiger partial charge in [-0.25, -0.2) is 22.9 Å². The molecule has 0 aromatic carbocycles. The van der Waals surface area contributed by atoms with E-state index < -0.39 is 60.1 Å². The topological polar surface area (TPSA) is 270 Å². The van der Waals surface area contributed by atoms with E-state index in [1.807, 2.05) is 0 Å². The van der Waals surface area contributed by atoms with E-state index in [2.05, 4.69) is 18.1 Å². The second kappa shape index (κ2) is 8.44. The van der Waals surface area contributed by atoms with Gasteiger partial charge in [0.2, 0.25) is 0 Å². The molecular formula is C9H15FN3O14P3. The maximum Gasteiger partial charge on any atom is 0.490 e. The first kappa shape index (κ1) is 25.2. The van der Waals surface area contributed by atoms with Crippen molar-refractivity contribution in [2.75, 3.05) is 12.3 Å². The van der Waals surface area contributed by atoms with Crippen LogP contribution in [0.4, 0.5) is 10.2 Å². The Kier molecular flexibility index (Phi) is 7.08. The predicted octanol–water partition coefficient (Wildman–Crippen LogP) is -1.91. The van der Waals surface area contributed by atoms with Crippen molar-refractivity contribution in [1.29, 1.82) is 0 Å². The Balaban J connectivity index is 2.14. The van der Waals surface area contributed by atoms with E-state index >= 15 is 0 Å². The molecular weight excluding hydrogens is 486 g/mol. The normalized spacial score (nSPS) is 31.2. The summed E-state index contributed by atoms with van der Waals surface area (Å²) in [4.78, 5) is 50.3. The van der Waals surface area contributed by atoms with Gasteiger partial charge < -0.3 is 40.3 Å². The van der Waals surface area contributed by atoms with Gasteiger partial charge in [0.05, 0.1) is 0 Å². The van der Waals surface area contributed by atoms with Crippen molar-refractivity contribution in [3.63, 3.8) is 0 Å². The highest BCUT2D eigenvalue weighted by molar-refractivity contribution is 7.66. The molecule has 6 atom stereocenters. The second-order valence-corrected chi connectivity index (χ2v) is 10.1. The molecule has 1 aliphatic rings. The monoisotopic (exact) mass is 501 g/mol. The molecule has 0 aliphatic carbocycles. The standard InChI is InChI=1S/C9H15FN3O14P3/c10-9(3-24-29(20,21)27-30(22,23)26-28(17,18)19)6(15)5(14)7(25-9)13-2-1-4(11)12-8(13)16/h1-2,5-7,14-15H,3H2,(H,20,21)(H,22,23)(H2,11,12,16)(H2,17,18,19). The van der Waals surface area contributed by atoms with Crippen LogP contribution in [-0.2, 0) is 31.6 Å². The lowest BCUT2D eigenvalue weighted by molar-refractivity contribution is -0.204. The van der Waals surface area contributed by atoms with E-state index in [-0.39, 0.29) is 5.82 Å². The number of nitrogens with zero attached hydrogens (tertiary/aromatic N) is 2. The van der Waals surface area contributed by atoms with E-state index in [9.17, 15) is 38.0 Å². The van der Waals surface area contributed by atoms with E-state index in [0.717, 1.165) is 12.3 Å². The molecule has 21 heteroatoms. The summed E-state index contributed by atoms with van der Waals surface area (Å²) in [6.07, 6.45) is -5.55. The number of aliphatic hydroxyl groups excluding tert-OH is 2. The number of hydrogen-bond donors (Lipinski definition) is 7. The van der Waals surface area contributed by atoms with Gasteiger partial charge in [0.25, 0.3) is 5.85 Å². The highest BCUT2D eigenvalue weighted by Crippen LogP contribution is 2.66. The molecule has 2 heterocycles. The molecule has 0 amide bonds. The number of hydrogen-bond acceptors (Lipinski definition) is 12. The van der Waals surface area contributed by atoms with Crippen LogP contribution < -0.4 is 11.4 Å². The molecule has 1 aromatic rings. The smallest absolute Gasteiger partial charge is 0.385 e. The molecule has 30 heavy (non-hydrogen) atoms. The summed E-state index contributed by atoms with van der Waals surface area (Å²) in [6.45, 7) is -1.72. The van der Waals surface area contributed by atoms with Crippen molar-refractivity contribution in [3.8, 4) is 0 Å². The van der Waals surface area contributed by atoms with Crippen molar-refractivity contribution in [3.05, 3.63) is 22.7 Å². The van der Waals surface area contributed by atoms with Crippen LogP contribution in [0, 0.1) is 0 Å². The fourth-order valence-corrected chi connectivity index (χ4v) is 5.22. The Bertz CT molecular complexity index is 998. The van der Waals surface area contributed by atoms with E-state index in [1.54, 1.807) is 0 Å². The molecule has 172 valence electrons. The van der Waals surface area contributed by atoms with Crippen molar-refractivity contribution < 1.29 is 65.8 Å². The summed E-state index contributed by atoms with van der Waals surface area (Å²) in [7, 11) is -17.2. The van der Waals surface area contributed by atoms with Crippen LogP contribution in [0.25, 0.3) is 0 Å². The minimum Gasteiger partial charge on any atom is -0.385 e.